The third kappa shape index (κ3) is 3.27. The highest BCUT2D eigenvalue weighted by molar-refractivity contribution is 5.96. The van der Waals surface area contributed by atoms with Crippen molar-refractivity contribution in [1.82, 2.24) is 0 Å². The van der Waals surface area contributed by atoms with Gasteiger partial charge in [-0.2, -0.15) is 0 Å². The number of esters is 2. The molecule has 0 radical (unpaired) electrons. The van der Waals surface area contributed by atoms with Gasteiger partial charge in [0.05, 0.1) is 0 Å². The second-order valence-corrected chi connectivity index (χ2v) is 9.74. The molecule has 6 atom stereocenters. The normalized spacial score (nSPS) is 38.2. The number of carbonyl (C=O) groups is 3. The fraction of sp³-hybridized carbons (Fsp3) is 0.640. The number of carbonyl (C=O) groups excluding carboxylic acids is 3. The lowest BCUT2D eigenvalue weighted by Gasteiger charge is -2.65. The van der Waals surface area contributed by atoms with Crippen molar-refractivity contribution >= 4 is 17.7 Å². The lowest BCUT2D eigenvalue weighted by molar-refractivity contribution is -0.192. The van der Waals surface area contributed by atoms with E-state index >= 15 is 0 Å². The molecule has 2 saturated carbocycles. The maximum Gasteiger partial charge on any atom is 0.333 e. The van der Waals surface area contributed by atoms with Crippen molar-refractivity contribution in [2.45, 2.75) is 67.4 Å². The summed E-state index contributed by atoms with van der Waals surface area (Å²) < 4.78 is 11.7. The molecule has 3 aliphatic carbocycles. The standard InChI is InChI=1S/C25H34O5/c1-8-14(3)22(27)29-13-25(7)18(30-23(28)15(4)9-2)10-11-24(6)19-16(5)12-17(26)20(24)21(19)25/h8-9,12,18-21H,10-11,13H2,1-7H3/b14-8+,15-9+. The van der Waals surface area contributed by atoms with Crippen LogP contribution in [0.4, 0.5) is 0 Å². The number of fused-ring (bicyclic) bond motifs is 1. The second-order valence-electron chi connectivity index (χ2n) is 9.74. The van der Waals surface area contributed by atoms with Crippen LogP contribution in [0.1, 0.15) is 61.3 Å². The van der Waals surface area contributed by atoms with Crippen molar-refractivity contribution in [3.05, 3.63) is 34.9 Å². The zero-order chi connectivity index (χ0) is 22.4. The number of allylic oxidation sites excluding steroid dienone is 4. The van der Waals surface area contributed by atoms with E-state index < -0.39 is 11.5 Å². The van der Waals surface area contributed by atoms with Crippen molar-refractivity contribution in [1.29, 1.82) is 0 Å². The Kier molecular flexibility index (Phi) is 5.87. The molecule has 164 valence electrons. The summed E-state index contributed by atoms with van der Waals surface area (Å²) in [6, 6.07) is 0. The fourth-order valence-corrected chi connectivity index (χ4v) is 6.03. The predicted molar refractivity (Wildman–Crippen MR) is 114 cm³/mol. The molecule has 5 nitrogen and oxygen atoms in total. The van der Waals surface area contributed by atoms with Crippen LogP contribution in [0.5, 0.6) is 0 Å². The number of ether oxygens (including phenoxy) is 2. The average Bonchev–Trinajstić information content (AvgIpc) is 2.85. The number of hydrogen-bond donors (Lipinski definition) is 0. The summed E-state index contributed by atoms with van der Waals surface area (Å²) in [5.74, 6) is -0.463. The van der Waals surface area contributed by atoms with Crippen molar-refractivity contribution in [2.24, 2.45) is 28.6 Å². The van der Waals surface area contributed by atoms with Crippen LogP contribution in [0.25, 0.3) is 0 Å². The molecule has 0 amide bonds. The lowest BCUT2D eigenvalue weighted by atomic mass is 9.38. The largest absolute Gasteiger partial charge is 0.462 e. The van der Waals surface area contributed by atoms with Gasteiger partial charge in [-0.25, -0.2) is 9.59 Å². The van der Waals surface area contributed by atoms with E-state index in [1.54, 1.807) is 45.9 Å². The van der Waals surface area contributed by atoms with Gasteiger partial charge in [0.2, 0.25) is 0 Å². The molecular formula is C25H34O5. The molecular weight excluding hydrogens is 380 g/mol. The summed E-state index contributed by atoms with van der Waals surface area (Å²) in [5.41, 5.74) is 1.42. The van der Waals surface area contributed by atoms with Crippen LogP contribution in [0.15, 0.2) is 34.9 Å². The molecule has 5 heteroatoms. The topological polar surface area (TPSA) is 69.7 Å². The molecule has 4 bridgehead atoms. The monoisotopic (exact) mass is 414 g/mol. The summed E-state index contributed by atoms with van der Waals surface area (Å²) in [6.07, 6.45) is 6.27. The van der Waals surface area contributed by atoms with Gasteiger partial charge in [0.15, 0.2) is 5.78 Å². The summed E-state index contributed by atoms with van der Waals surface area (Å²) >= 11 is 0. The molecule has 6 unspecified atom stereocenters. The molecule has 2 fully saturated rings. The highest BCUT2D eigenvalue weighted by atomic mass is 16.6. The van der Waals surface area contributed by atoms with E-state index in [4.69, 9.17) is 9.47 Å². The Morgan fingerprint density at radius 3 is 2.27 bits per heavy atom. The lowest BCUT2D eigenvalue weighted by Crippen LogP contribution is -2.66. The van der Waals surface area contributed by atoms with Crippen molar-refractivity contribution in [2.75, 3.05) is 6.61 Å². The Labute approximate surface area is 179 Å². The third-order valence-electron chi connectivity index (χ3n) is 8.02. The fourth-order valence-electron chi connectivity index (χ4n) is 6.03. The molecule has 0 aromatic heterocycles. The smallest absolute Gasteiger partial charge is 0.333 e. The van der Waals surface area contributed by atoms with Crippen LogP contribution in [0.2, 0.25) is 0 Å². The molecule has 0 heterocycles. The van der Waals surface area contributed by atoms with E-state index in [1.807, 2.05) is 13.8 Å². The minimum Gasteiger partial charge on any atom is -0.462 e. The van der Waals surface area contributed by atoms with Gasteiger partial charge in [0, 0.05) is 22.5 Å². The van der Waals surface area contributed by atoms with E-state index in [1.165, 1.54) is 0 Å². The van der Waals surface area contributed by atoms with E-state index in [0.717, 1.165) is 12.0 Å². The van der Waals surface area contributed by atoms with Crippen molar-refractivity contribution in [3.63, 3.8) is 0 Å². The minimum absolute atomic E-state index is 0.00933. The van der Waals surface area contributed by atoms with Crippen LogP contribution in [0, 0.1) is 28.6 Å². The molecule has 0 saturated heterocycles. The van der Waals surface area contributed by atoms with Gasteiger partial charge in [0.1, 0.15) is 12.7 Å². The van der Waals surface area contributed by atoms with E-state index in [2.05, 4.69) is 6.92 Å². The maximum absolute atomic E-state index is 13.0. The van der Waals surface area contributed by atoms with Gasteiger partial charge in [-0.3, -0.25) is 4.79 Å². The van der Waals surface area contributed by atoms with Crippen LogP contribution in [-0.2, 0) is 23.9 Å². The van der Waals surface area contributed by atoms with E-state index in [0.29, 0.717) is 17.6 Å². The maximum atomic E-state index is 13.0. The SMILES string of the molecule is C/C=C(\C)C(=O)OCC1(C)C(OC(=O)/C(C)=C/C)CCC2(C)C3C(=O)C=C(C)C2C31. The zero-order valence-corrected chi connectivity index (χ0v) is 19.2. The van der Waals surface area contributed by atoms with Gasteiger partial charge < -0.3 is 9.47 Å². The predicted octanol–water partition coefficient (Wildman–Crippen LogP) is 4.57. The molecule has 0 N–H and O–H groups in total. The first-order valence-corrected chi connectivity index (χ1v) is 10.9. The first kappa shape index (κ1) is 22.5. The van der Waals surface area contributed by atoms with Gasteiger partial charge in [0.25, 0.3) is 0 Å². The van der Waals surface area contributed by atoms with Crippen LogP contribution < -0.4 is 0 Å². The van der Waals surface area contributed by atoms with Crippen molar-refractivity contribution in [3.8, 4) is 0 Å². The molecule has 0 aromatic rings. The molecule has 0 aliphatic heterocycles. The van der Waals surface area contributed by atoms with E-state index in [-0.39, 0.29) is 47.5 Å². The van der Waals surface area contributed by atoms with E-state index in [9.17, 15) is 14.4 Å². The minimum atomic E-state index is -0.635. The Hall–Kier alpha value is -2.17. The molecule has 30 heavy (non-hydrogen) atoms. The Bertz CT molecular complexity index is 863. The van der Waals surface area contributed by atoms with Gasteiger partial charge in [-0.1, -0.05) is 31.6 Å². The highest BCUT2D eigenvalue weighted by Crippen LogP contribution is 2.71. The van der Waals surface area contributed by atoms with Crippen LogP contribution in [-0.4, -0.2) is 30.4 Å². The Morgan fingerprint density at radius 1 is 1.10 bits per heavy atom. The number of hydrogen-bond acceptors (Lipinski definition) is 5. The molecule has 3 rings (SSSR count). The van der Waals surface area contributed by atoms with Gasteiger partial charge in [-0.15, -0.1) is 0 Å². The van der Waals surface area contributed by atoms with Gasteiger partial charge >= 0.3 is 11.9 Å². The Morgan fingerprint density at radius 2 is 1.70 bits per heavy atom. The first-order chi connectivity index (χ1) is 14.0. The first-order valence-electron chi connectivity index (χ1n) is 10.9. The molecule has 0 aromatic carbocycles. The van der Waals surface area contributed by atoms with Crippen LogP contribution in [0.3, 0.4) is 0 Å². The summed E-state index contributed by atoms with van der Waals surface area (Å²) in [4.78, 5) is 38.0. The molecule has 0 spiro atoms. The molecule has 3 aliphatic rings. The van der Waals surface area contributed by atoms with Crippen LogP contribution >= 0.6 is 0 Å². The summed E-state index contributed by atoms with van der Waals surface area (Å²) in [6.45, 7) is 13.4. The third-order valence-corrected chi connectivity index (χ3v) is 8.02. The van der Waals surface area contributed by atoms with Gasteiger partial charge in [-0.05, 0) is 70.8 Å². The quantitative estimate of drug-likeness (QED) is 0.487. The Balaban J connectivity index is 1.99. The summed E-state index contributed by atoms with van der Waals surface area (Å²) in [7, 11) is 0. The second kappa shape index (κ2) is 7.82. The zero-order valence-electron chi connectivity index (χ0n) is 19.2. The summed E-state index contributed by atoms with van der Waals surface area (Å²) in [5, 5.41) is 0. The average molecular weight is 415 g/mol. The van der Waals surface area contributed by atoms with Crippen molar-refractivity contribution < 1.29 is 23.9 Å². The highest BCUT2D eigenvalue weighted by Gasteiger charge is 2.71. The number of ketones is 1. The number of rotatable bonds is 5.